The molecule has 1 aliphatic heterocycles. The first-order valence-corrected chi connectivity index (χ1v) is 12.6. The van der Waals surface area contributed by atoms with Crippen LogP contribution in [-0.2, 0) is 19.1 Å². The second kappa shape index (κ2) is 12.3. The normalized spacial score (nSPS) is 17.1. The smallest absolute Gasteiger partial charge is 0.319 e. The van der Waals surface area contributed by atoms with Crippen LogP contribution in [0.15, 0.2) is 53.1 Å². The van der Waals surface area contributed by atoms with Crippen molar-refractivity contribution in [2.75, 3.05) is 24.3 Å². The summed E-state index contributed by atoms with van der Waals surface area (Å²) in [5.74, 6) is -3.37. The SMILES string of the molecule is CCOC(=O)[C@@H]1C(=O)NC(SCC(=O)Nc2c(C)cccc2C)=C(C#N)[C@@H]1c1ccccc1OCC. The first kappa shape index (κ1) is 26.8. The van der Waals surface area contributed by atoms with E-state index in [2.05, 4.69) is 16.7 Å². The Balaban J connectivity index is 1.97. The van der Waals surface area contributed by atoms with E-state index >= 15 is 0 Å². The number of aryl methyl sites for hydroxylation is 2. The standard InChI is InChI=1S/C27H29N3O5S/c1-5-34-20-13-8-7-12-18(20)22-19(14-28)26(30-25(32)23(22)27(33)35-6-2)36-15-21(31)29-24-16(3)10-9-11-17(24)4/h7-13,22-23H,5-6,15H2,1-4H3,(H,29,31)(H,30,32)/t22-,23-/m0/s1. The number of ether oxygens (including phenoxy) is 2. The highest BCUT2D eigenvalue weighted by Crippen LogP contribution is 2.43. The van der Waals surface area contributed by atoms with Gasteiger partial charge in [-0.1, -0.05) is 48.2 Å². The Labute approximate surface area is 215 Å². The number of hydrogen-bond acceptors (Lipinski definition) is 7. The Morgan fingerprint density at radius 3 is 2.42 bits per heavy atom. The predicted molar refractivity (Wildman–Crippen MR) is 138 cm³/mol. The molecule has 3 rings (SSSR count). The molecule has 0 radical (unpaired) electrons. The lowest BCUT2D eigenvalue weighted by molar-refractivity contribution is -0.152. The maximum atomic E-state index is 13.2. The molecule has 0 saturated carbocycles. The molecule has 2 aromatic carbocycles. The Morgan fingerprint density at radius 2 is 1.78 bits per heavy atom. The van der Waals surface area contributed by atoms with E-state index in [4.69, 9.17) is 9.47 Å². The molecule has 0 aliphatic carbocycles. The summed E-state index contributed by atoms with van der Waals surface area (Å²) in [6.07, 6.45) is 0. The van der Waals surface area contributed by atoms with Gasteiger partial charge in [-0.15, -0.1) is 0 Å². The zero-order valence-corrected chi connectivity index (χ0v) is 21.5. The van der Waals surface area contributed by atoms with Gasteiger partial charge in [-0.05, 0) is 44.9 Å². The van der Waals surface area contributed by atoms with Gasteiger partial charge >= 0.3 is 5.97 Å². The molecule has 9 heteroatoms. The largest absolute Gasteiger partial charge is 0.494 e. The number of para-hydroxylation sites is 2. The second-order valence-electron chi connectivity index (χ2n) is 8.13. The Kier molecular flexibility index (Phi) is 9.14. The molecule has 0 aromatic heterocycles. The number of nitrogens with zero attached hydrogens (tertiary/aromatic N) is 1. The molecule has 0 spiro atoms. The van der Waals surface area contributed by atoms with E-state index in [9.17, 15) is 19.6 Å². The zero-order valence-electron chi connectivity index (χ0n) is 20.7. The van der Waals surface area contributed by atoms with Gasteiger partial charge in [0, 0.05) is 17.2 Å². The fraction of sp³-hybridized carbons (Fsp3) is 0.333. The molecule has 2 N–H and O–H groups in total. The molecule has 188 valence electrons. The molecule has 2 amide bonds. The van der Waals surface area contributed by atoms with E-state index in [1.165, 1.54) is 0 Å². The third-order valence-corrected chi connectivity index (χ3v) is 6.73. The summed E-state index contributed by atoms with van der Waals surface area (Å²) in [5, 5.41) is 15.9. The van der Waals surface area contributed by atoms with Crippen molar-refractivity contribution in [1.82, 2.24) is 5.32 Å². The van der Waals surface area contributed by atoms with Gasteiger partial charge in [0.15, 0.2) is 0 Å². The third kappa shape index (κ3) is 5.89. The molecule has 8 nitrogen and oxygen atoms in total. The quantitative estimate of drug-likeness (QED) is 0.386. The molecule has 0 unspecified atom stereocenters. The topological polar surface area (TPSA) is 118 Å². The molecule has 36 heavy (non-hydrogen) atoms. The van der Waals surface area contributed by atoms with E-state index in [0.29, 0.717) is 17.9 Å². The molecular formula is C27H29N3O5S. The lowest BCUT2D eigenvalue weighted by Crippen LogP contribution is -2.44. The van der Waals surface area contributed by atoms with Gasteiger partial charge in [-0.25, -0.2) is 0 Å². The van der Waals surface area contributed by atoms with Crippen molar-refractivity contribution in [1.29, 1.82) is 5.26 Å². The minimum absolute atomic E-state index is 0.0432. The van der Waals surface area contributed by atoms with E-state index in [1.807, 2.05) is 39.0 Å². The van der Waals surface area contributed by atoms with Crippen LogP contribution in [0.2, 0.25) is 0 Å². The fourth-order valence-electron chi connectivity index (χ4n) is 4.11. The van der Waals surface area contributed by atoms with Crippen molar-refractivity contribution in [2.45, 2.75) is 33.6 Å². The van der Waals surface area contributed by atoms with Gasteiger partial charge in [0.25, 0.3) is 0 Å². The van der Waals surface area contributed by atoms with Crippen LogP contribution in [0.1, 0.15) is 36.5 Å². The van der Waals surface area contributed by atoms with Crippen molar-refractivity contribution >= 4 is 35.2 Å². The summed E-state index contributed by atoms with van der Waals surface area (Å²) in [6.45, 7) is 7.75. The summed E-state index contributed by atoms with van der Waals surface area (Å²) in [4.78, 5) is 38.7. The highest BCUT2D eigenvalue weighted by molar-refractivity contribution is 8.03. The van der Waals surface area contributed by atoms with Crippen molar-refractivity contribution < 1.29 is 23.9 Å². The van der Waals surface area contributed by atoms with Gasteiger partial charge < -0.3 is 20.1 Å². The third-order valence-electron chi connectivity index (χ3n) is 5.72. The number of allylic oxidation sites excluding steroid dienone is 1. The highest BCUT2D eigenvalue weighted by Gasteiger charge is 2.45. The van der Waals surface area contributed by atoms with Crippen LogP contribution in [0.4, 0.5) is 5.69 Å². The van der Waals surface area contributed by atoms with Gasteiger partial charge in [-0.2, -0.15) is 5.26 Å². The number of hydrogen-bond donors (Lipinski definition) is 2. The van der Waals surface area contributed by atoms with Crippen molar-refractivity contribution in [3.63, 3.8) is 0 Å². The average molecular weight is 508 g/mol. The monoisotopic (exact) mass is 507 g/mol. The maximum absolute atomic E-state index is 13.2. The number of benzene rings is 2. The van der Waals surface area contributed by atoms with E-state index in [0.717, 1.165) is 28.6 Å². The lowest BCUT2D eigenvalue weighted by Gasteiger charge is -2.32. The summed E-state index contributed by atoms with van der Waals surface area (Å²) >= 11 is 1.04. The zero-order chi connectivity index (χ0) is 26.2. The van der Waals surface area contributed by atoms with Crippen molar-refractivity contribution in [3.8, 4) is 11.8 Å². The molecular weight excluding hydrogens is 478 g/mol. The fourth-order valence-corrected chi connectivity index (χ4v) is 4.96. The van der Waals surface area contributed by atoms with Gasteiger partial charge in [0.2, 0.25) is 11.8 Å². The van der Waals surface area contributed by atoms with Gasteiger partial charge in [0.05, 0.1) is 35.6 Å². The number of anilines is 1. The maximum Gasteiger partial charge on any atom is 0.319 e. The molecule has 0 bridgehead atoms. The summed E-state index contributed by atoms with van der Waals surface area (Å²) in [5.41, 5.74) is 3.30. The number of nitriles is 1. The first-order valence-electron chi connectivity index (χ1n) is 11.6. The van der Waals surface area contributed by atoms with Crippen molar-refractivity contribution in [2.24, 2.45) is 5.92 Å². The second-order valence-corrected chi connectivity index (χ2v) is 9.11. The predicted octanol–water partition coefficient (Wildman–Crippen LogP) is 4.20. The lowest BCUT2D eigenvalue weighted by atomic mass is 9.78. The first-order chi connectivity index (χ1) is 17.3. The minimum Gasteiger partial charge on any atom is -0.494 e. The van der Waals surface area contributed by atoms with E-state index in [1.54, 1.807) is 31.2 Å². The molecule has 2 aromatic rings. The molecule has 1 aliphatic rings. The summed E-state index contributed by atoms with van der Waals surface area (Å²) in [6, 6.07) is 14.9. The number of esters is 1. The van der Waals surface area contributed by atoms with Gasteiger partial charge in [-0.3, -0.25) is 14.4 Å². The average Bonchev–Trinajstić information content (AvgIpc) is 2.85. The highest BCUT2D eigenvalue weighted by atomic mass is 32.2. The number of carbonyl (C=O) groups is 3. The number of rotatable bonds is 9. The molecule has 2 atom stereocenters. The van der Waals surface area contributed by atoms with Crippen LogP contribution in [0, 0.1) is 31.1 Å². The summed E-state index contributed by atoms with van der Waals surface area (Å²) < 4.78 is 10.9. The Bertz CT molecular complexity index is 1210. The summed E-state index contributed by atoms with van der Waals surface area (Å²) in [7, 11) is 0. The molecule has 0 fully saturated rings. The van der Waals surface area contributed by atoms with Crippen molar-refractivity contribution in [3.05, 3.63) is 69.8 Å². The number of thioether (sulfide) groups is 1. The Hall–Kier alpha value is -3.77. The number of amides is 2. The van der Waals surface area contributed by atoms with E-state index in [-0.39, 0.29) is 28.9 Å². The van der Waals surface area contributed by atoms with Crippen LogP contribution in [0.25, 0.3) is 0 Å². The van der Waals surface area contributed by atoms with Crippen LogP contribution < -0.4 is 15.4 Å². The molecule has 1 heterocycles. The van der Waals surface area contributed by atoms with Crippen LogP contribution in [0.5, 0.6) is 5.75 Å². The number of carbonyl (C=O) groups excluding carboxylic acids is 3. The molecule has 0 saturated heterocycles. The minimum atomic E-state index is -1.27. The number of nitrogens with one attached hydrogen (secondary N) is 2. The van der Waals surface area contributed by atoms with E-state index < -0.39 is 23.7 Å². The van der Waals surface area contributed by atoms with Crippen LogP contribution >= 0.6 is 11.8 Å². The van der Waals surface area contributed by atoms with Crippen LogP contribution in [-0.4, -0.2) is 36.8 Å². The van der Waals surface area contributed by atoms with Crippen LogP contribution in [0.3, 0.4) is 0 Å². The van der Waals surface area contributed by atoms with Gasteiger partial charge in [0.1, 0.15) is 11.7 Å². The Morgan fingerprint density at radius 1 is 1.08 bits per heavy atom.